The van der Waals surface area contributed by atoms with Crippen LogP contribution in [0.4, 0.5) is 5.69 Å². The fraction of sp³-hybridized carbons (Fsp3) is 0.200. The molecule has 1 aliphatic carbocycles. The first-order valence-corrected chi connectivity index (χ1v) is 13.0. The van der Waals surface area contributed by atoms with Gasteiger partial charge in [0.1, 0.15) is 5.75 Å². The van der Waals surface area contributed by atoms with E-state index in [2.05, 4.69) is 20.8 Å². The number of nitrogens with zero attached hydrogens (tertiary/aromatic N) is 3. The standard InChI is InChI=1S/C25H23N5O3S2/c1-33-20-10-5-4-9-19(20)30-23(21-11-6-14-34-21)28-29-25(30)35-15-22(31)27-18-8-3-2-7-17(18)24(32)26-16-12-13-16/h2-11,14,16H,12-13,15H2,1H3,(H,26,32)(H,27,31). The summed E-state index contributed by atoms with van der Waals surface area (Å²) in [4.78, 5) is 26.4. The fourth-order valence-electron chi connectivity index (χ4n) is 3.56. The molecule has 0 spiro atoms. The minimum atomic E-state index is -0.242. The number of amides is 2. The van der Waals surface area contributed by atoms with Crippen molar-refractivity contribution in [3.63, 3.8) is 0 Å². The van der Waals surface area contributed by atoms with Gasteiger partial charge in [0, 0.05) is 6.04 Å². The van der Waals surface area contributed by atoms with Crippen LogP contribution in [0.3, 0.4) is 0 Å². The molecule has 10 heteroatoms. The lowest BCUT2D eigenvalue weighted by molar-refractivity contribution is -0.113. The van der Waals surface area contributed by atoms with Gasteiger partial charge in [0.2, 0.25) is 5.91 Å². The number of para-hydroxylation sites is 3. The van der Waals surface area contributed by atoms with E-state index >= 15 is 0 Å². The van der Waals surface area contributed by atoms with Crippen molar-refractivity contribution in [2.75, 3.05) is 18.2 Å². The van der Waals surface area contributed by atoms with E-state index in [9.17, 15) is 9.59 Å². The Morgan fingerprint density at radius 1 is 1.09 bits per heavy atom. The summed E-state index contributed by atoms with van der Waals surface area (Å²) < 4.78 is 7.47. The molecule has 4 aromatic rings. The summed E-state index contributed by atoms with van der Waals surface area (Å²) in [5.74, 6) is 1.03. The van der Waals surface area contributed by atoms with Gasteiger partial charge in [-0.15, -0.1) is 21.5 Å². The van der Waals surface area contributed by atoms with Crippen molar-refractivity contribution in [1.82, 2.24) is 20.1 Å². The van der Waals surface area contributed by atoms with Gasteiger partial charge in [-0.25, -0.2) is 0 Å². The normalized spacial score (nSPS) is 12.8. The van der Waals surface area contributed by atoms with Gasteiger partial charge in [0.15, 0.2) is 11.0 Å². The molecule has 0 bridgehead atoms. The third-order valence-electron chi connectivity index (χ3n) is 5.39. The van der Waals surface area contributed by atoms with E-state index in [1.54, 1.807) is 42.7 Å². The number of ether oxygens (including phenoxy) is 1. The number of carbonyl (C=O) groups excluding carboxylic acids is 2. The van der Waals surface area contributed by atoms with Crippen molar-refractivity contribution in [2.45, 2.75) is 24.0 Å². The van der Waals surface area contributed by atoms with E-state index in [0.29, 0.717) is 28.0 Å². The maximum absolute atomic E-state index is 12.9. The lowest BCUT2D eigenvalue weighted by atomic mass is 10.1. The van der Waals surface area contributed by atoms with Crippen LogP contribution in [-0.4, -0.2) is 45.5 Å². The Kier molecular flexibility index (Phi) is 6.82. The van der Waals surface area contributed by atoms with E-state index in [1.165, 1.54) is 11.8 Å². The molecule has 178 valence electrons. The number of thioether (sulfide) groups is 1. The number of carbonyl (C=O) groups is 2. The maximum atomic E-state index is 12.9. The second kappa shape index (κ2) is 10.3. The summed E-state index contributed by atoms with van der Waals surface area (Å²) in [7, 11) is 1.62. The third-order valence-corrected chi connectivity index (χ3v) is 7.19. The third kappa shape index (κ3) is 5.23. The number of hydrogen-bond acceptors (Lipinski definition) is 7. The zero-order chi connectivity index (χ0) is 24.2. The second-order valence-electron chi connectivity index (χ2n) is 7.92. The molecule has 5 rings (SSSR count). The van der Waals surface area contributed by atoms with Gasteiger partial charge in [-0.2, -0.15) is 0 Å². The zero-order valence-electron chi connectivity index (χ0n) is 18.9. The number of benzene rings is 2. The first-order chi connectivity index (χ1) is 17.1. The van der Waals surface area contributed by atoms with Crippen molar-refractivity contribution in [3.05, 3.63) is 71.6 Å². The fourth-order valence-corrected chi connectivity index (χ4v) is 5.00. The lowest BCUT2D eigenvalue weighted by Gasteiger charge is -2.13. The van der Waals surface area contributed by atoms with E-state index < -0.39 is 0 Å². The van der Waals surface area contributed by atoms with Gasteiger partial charge in [-0.1, -0.05) is 42.1 Å². The molecule has 2 aromatic carbocycles. The smallest absolute Gasteiger partial charge is 0.253 e. The van der Waals surface area contributed by atoms with Crippen LogP contribution in [0.5, 0.6) is 5.75 Å². The van der Waals surface area contributed by atoms with Crippen LogP contribution in [0, 0.1) is 0 Å². The summed E-state index contributed by atoms with van der Waals surface area (Å²) in [5, 5.41) is 17.2. The lowest BCUT2D eigenvalue weighted by Crippen LogP contribution is -2.27. The highest BCUT2D eigenvalue weighted by atomic mass is 32.2. The first kappa shape index (κ1) is 23.1. The van der Waals surface area contributed by atoms with Crippen LogP contribution in [0.25, 0.3) is 16.4 Å². The summed E-state index contributed by atoms with van der Waals surface area (Å²) in [6, 6.07) is 18.8. The number of thiophene rings is 1. The van der Waals surface area contributed by atoms with E-state index in [0.717, 1.165) is 23.4 Å². The largest absolute Gasteiger partial charge is 0.495 e. The van der Waals surface area contributed by atoms with Crippen molar-refractivity contribution in [1.29, 1.82) is 0 Å². The van der Waals surface area contributed by atoms with Crippen molar-refractivity contribution in [2.24, 2.45) is 0 Å². The van der Waals surface area contributed by atoms with Crippen LogP contribution in [-0.2, 0) is 4.79 Å². The van der Waals surface area contributed by atoms with E-state index in [1.807, 2.05) is 46.3 Å². The Morgan fingerprint density at radius 2 is 1.89 bits per heavy atom. The van der Waals surface area contributed by atoms with E-state index in [4.69, 9.17) is 4.74 Å². The Labute approximate surface area is 210 Å². The van der Waals surface area contributed by atoms with Gasteiger partial charge < -0.3 is 15.4 Å². The molecule has 1 saturated carbocycles. The number of nitrogens with one attached hydrogen (secondary N) is 2. The molecule has 1 fully saturated rings. The molecule has 2 aromatic heterocycles. The predicted molar refractivity (Wildman–Crippen MR) is 138 cm³/mol. The van der Waals surface area contributed by atoms with Crippen LogP contribution in [0.15, 0.2) is 71.2 Å². The monoisotopic (exact) mass is 505 g/mol. The van der Waals surface area contributed by atoms with Crippen molar-refractivity contribution >= 4 is 40.6 Å². The Bertz CT molecular complexity index is 1350. The van der Waals surface area contributed by atoms with Gasteiger partial charge >= 0.3 is 0 Å². The quantitative estimate of drug-likeness (QED) is 0.322. The number of hydrogen-bond donors (Lipinski definition) is 2. The van der Waals surface area contributed by atoms with Crippen LogP contribution in [0.1, 0.15) is 23.2 Å². The molecular weight excluding hydrogens is 482 g/mol. The zero-order valence-corrected chi connectivity index (χ0v) is 20.6. The maximum Gasteiger partial charge on any atom is 0.253 e. The SMILES string of the molecule is COc1ccccc1-n1c(SCC(=O)Nc2ccccc2C(=O)NC2CC2)nnc1-c1cccs1. The van der Waals surface area contributed by atoms with Gasteiger partial charge in [0.25, 0.3) is 5.91 Å². The topological polar surface area (TPSA) is 98.1 Å². The second-order valence-corrected chi connectivity index (χ2v) is 9.81. The molecule has 0 aliphatic heterocycles. The average molecular weight is 506 g/mol. The molecular formula is C25H23N5O3S2. The minimum Gasteiger partial charge on any atom is -0.495 e. The number of methoxy groups -OCH3 is 1. The summed E-state index contributed by atoms with van der Waals surface area (Å²) in [5.41, 5.74) is 1.73. The highest BCUT2D eigenvalue weighted by Crippen LogP contribution is 2.34. The number of rotatable bonds is 9. The van der Waals surface area contributed by atoms with Crippen LogP contribution >= 0.6 is 23.1 Å². The van der Waals surface area contributed by atoms with Crippen molar-refractivity contribution < 1.29 is 14.3 Å². The molecule has 0 unspecified atom stereocenters. The summed E-state index contributed by atoms with van der Waals surface area (Å²) in [6.45, 7) is 0. The van der Waals surface area contributed by atoms with Gasteiger partial charge in [-0.05, 0) is 48.6 Å². The molecule has 8 nitrogen and oxygen atoms in total. The molecule has 0 atom stereocenters. The Morgan fingerprint density at radius 3 is 2.66 bits per heavy atom. The average Bonchev–Trinajstić information content (AvgIpc) is 3.35. The summed E-state index contributed by atoms with van der Waals surface area (Å²) >= 11 is 2.83. The minimum absolute atomic E-state index is 0.0936. The van der Waals surface area contributed by atoms with Crippen molar-refractivity contribution in [3.8, 4) is 22.1 Å². The first-order valence-electron chi connectivity index (χ1n) is 11.1. The molecule has 0 saturated heterocycles. The molecule has 2 heterocycles. The Hall–Kier alpha value is -3.63. The van der Waals surface area contributed by atoms with Crippen LogP contribution < -0.4 is 15.4 Å². The highest BCUT2D eigenvalue weighted by Gasteiger charge is 2.25. The molecule has 0 radical (unpaired) electrons. The van der Waals surface area contributed by atoms with Gasteiger partial charge in [0.05, 0.1) is 34.7 Å². The molecule has 2 amide bonds. The van der Waals surface area contributed by atoms with E-state index in [-0.39, 0.29) is 23.6 Å². The van der Waals surface area contributed by atoms with Gasteiger partial charge in [-0.3, -0.25) is 14.2 Å². The predicted octanol–water partition coefficient (Wildman–Crippen LogP) is 4.63. The molecule has 2 N–H and O–H groups in total. The Balaban J connectivity index is 1.36. The number of aromatic nitrogens is 3. The van der Waals surface area contributed by atoms with Crippen LogP contribution in [0.2, 0.25) is 0 Å². The summed E-state index contributed by atoms with van der Waals surface area (Å²) in [6.07, 6.45) is 1.99. The number of anilines is 1. The molecule has 1 aliphatic rings. The molecule has 35 heavy (non-hydrogen) atoms. The highest BCUT2D eigenvalue weighted by molar-refractivity contribution is 7.99.